The Morgan fingerprint density at radius 2 is 2.19 bits per heavy atom. The standard InChI is InChI=1S/C17H18N4O4S/c1-11-14(6-7-24-11)15-19-20-17(21(15)18)26-9-8-25-13-5-3-4-12(10-13)16(22)23-2/h3-7,10H,8-9,18H2,1-2H3. The molecular weight excluding hydrogens is 356 g/mol. The molecule has 2 heterocycles. The fourth-order valence-corrected chi connectivity index (χ4v) is 2.97. The SMILES string of the molecule is COC(=O)c1cccc(OCCSc2nnc(-c3ccoc3C)n2N)c1. The normalized spacial score (nSPS) is 10.7. The lowest BCUT2D eigenvalue weighted by atomic mass is 10.2. The van der Waals surface area contributed by atoms with Gasteiger partial charge in [-0.3, -0.25) is 0 Å². The van der Waals surface area contributed by atoms with E-state index >= 15 is 0 Å². The second-order valence-electron chi connectivity index (χ2n) is 5.28. The number of nitrogen functional groups attached to an aromatic ring is 1. The predicted octanol–water partition coefficient (Wildman–Crippen LogP) is 2.52. The van der Waals surface area contributed by atoms with Gasteiger partial charge in [0.1, 0.15) is 11.5 Å². The number of nitrogens with two attached hydrogens (primary N) is 1. The van der Waals surface area contributed by atoms with Crippen LogP contribution >= 0.6 is 11.8 Å². The molecule has 136 valence electrons. The molecule has 2 aromatic heterocycles. The highest BCUT2D eigenvalue weighted by Crippen LogP contribution is 2.25. The van der Waals surface area contributed by atoms with Crippen molar-refractivity contribution in [2.45, 2.75) is 12.1 Å². The van der Waals surface area contributed by atoms with Crippen molar-refractivity contribution >= 4 is 17.7 Å². The largest absolute Gasteiger partial charge is 0.493 e. The van der Waals surface area contributed by atoms with E-state index in [1.165, 1.54) is 23.5 Å². The Morgan fingerprint density at radius 1 is 1.35 bits per heavy atom. The van der Waals surface area contributed by atoms with Crippen LogP contribution in [-0.4, -0.2) is 40.3 Å². The summed E-state index contributed by atoms with van der Waals surface area (Å²) >= 11 is 1.42. The van der Waals surface area contributed by atoms with Crippen molar-refractivity contribution < 1.29 is 18.7 Å². The van der Waals surface area contributed by atoms with Gasteiger partial charge in [0, 0.05) is 5.75 Å². The van der Waals surface area contributed by atoms with Gasteiger partial charge < -0.3 is 19.7 Å². The molecule has 0 bridgehead atoms. The molecule has 9 heteroatoms. The van der Waals surface area contributed by atoms with Crippen molar-refractivity contribution in [3.05, 3.63) is 47.9 Å². The smallest absolute Gasteiger partial charge is 0.337 e. The Hall–Kier alpha value is -2.94. The van der Waals surface area contributed by atoms with Gasteiger partial charge in [-0.25, -0.2) is 9.47 Å². The number of thioether (sulfide) groups is 1. The van der Waals surface area contributed by atoms with E-state index in [1.54, 1.807) is 36.6 Å². The third-order valence-electron chi connectivity index (χ3n) is 3.60. The fourth-order valence-electron chi connectivity index (χ4n) is 2.30. The topological polar surface area (TPSA) is 105 Å². The molecule has 26 heavy (non-hydrogen) atoms. The quantitative estimate of drug-likeness (QED) is 0.291. The monoisotopic (exact) mass is 374 g/mol. The minimum Gasteiger partial charge on any atom is -0.493 e. The van der Waals surface area contributed by atoms with Gasteiger partial charge in [-0.05, 0) is 31.2 Å². The van der Waals surface area contributed by atoms with Crippen LogP contribution in [0.2, 0.25) is 0 Å². The number of furan rings is 1. The minimum atomic E-state index is -0.400. The van der Waals surface area contributed by atoms with Gasteiger partial charge in [0.2, 0.25) is 5.16 Å². The number of ether oxygens (including phenoxy) is 2. The molecule has 0 fully saturated rings. The Morgan fingerprint density at radius 3 is 2.92 bits per heavy atom. The number of esters is 1. The number of carbonyl (C=O) groups excluding carboxylic acids is 1. The lowest BCUT2D eigenvalue weighted by Gasteiger charge is -2.07. The minimum absolute atomic E-state index is 0.400. The van der Waals surface area contributed by atoms with Crippen molar-refractivity contribution in [2.24, 2.45) is 0 Å². The number of nitrogens with zero attached hydrogens (tertiary/aromatic N) is 3. The predicted molar refractivity (Wildman–Crippen MR) is 96.6 cm³/mol. The average Bonchev–Trinajstić information content (AvgIpc) is 3.23. The Bertz CT molecular complexity index is 906. The summed E-state index contributed by atoms with van der Waals surface area (Å²) in [5.41, 5.74) is 1.25. The lowest BCUT2D eigenvalue weighted by Crippen LogP contribution is -2.12. The van der Waals surface area contributed by atoms with Crippen LogP contribution in [0.4, 0.5) is 0 Å². The van der Waals surface area contributed by atoms with E-state index in [0.717, 1.165) is 11.3 Å². The maximum Gasteiger partial charge on any atom is 0.337 e. The Labute approximate surface area is 154 Å². The molecule has 1 aromatic carbocycles. The van der Waals surface area contributed by atoms with Crippen LogP contribution in [0.25, 0.3) is 11.4 Å². The highest BCUT2D eigenvalue weighted by atomic mass is 32.2. The van der Waals surface area contributed by atoms with Crippen LogP contribution in [0.15, 0.2) is 46.2 Å². The van der Waals surface area contributed by atoms with Gasteiger partial charge in [-0.2, -0.15) is 0 Å². The number of hydrogen-bond acceptors (Lipinski definition) is 8. The zero-order chi connectivity index (χ0) is 18.5. The second-order valence-corrected chi connectivity index (χ2v) is 6.35. The molecule has 0 saturated carbocycles. The van der Waals surface area contributed by atoms with Gasteiger partial charge in [0.05, 0.1) is 31.1 Å². The zero-order valence-electron chi connectivity index (χ0n) is 14.3. The second kappa shape index (κ2) is 7.96. The van der Waals surface area contributed by atoms with Crippen LogP contribution in [0, 0.1) is 6.92 Å². The van der Waals surface area contributed by atoms with Crippen molar-refractivity contribution in [1.29, 1.82) is 0 Å². The first-order chi connectivity index (χ1) is 12.6. The molecule has 0 aliphatic rings. The Kier molecular flexibility index (Phi) is 5.47. The van der Waals surface area contributed by atoms with E-state index in [9.17, 15) is 4.79 Å². The number of carbonyl (C=O) groups is 1. The van der Waals surface area contributed by atoms with E-state index in [-0.39, 0.29) is 0 Å². The molecule has 0 saturated heterocycles. The van der Waals surface area contributed by atoms with E-state index in [1.807, 2.05) is 6.92 Å². The van der Waals surface area contributed by atoms with Gasteiger partial charge in [-0.1, -0.05) is 17.8 Å². The maximum absolute atomic E-state index is 11.5. The first-order valence-corrected chi connectivity index (χ1v) is 8.77. The average molecular weight is 374 g/mol. The summed E-state index contributed by atoms with van der Waals surface area (Å²) in [5, 5.41) is 8.79. The van der Waals surface area contributed by atoms with E-state index in [4.69, 9.17) is 19.7 Å². The van der Waals surface area contributed by atoms with Crippen LogP contribution in [0.5, 0.6) is 5.75 Å². The molecule has 0 unspecified atom stereocenters. The molecule has 0 aliphatic heterocycles. The highest BCUT2D eigenvalue weighted by molar-refractivity contribution is 7.99. The van der Waals surface area contributed by atoms with Crippen molar-refractivity contribution in [3.8, 4) is 17.1 Å². The molecule has 0 atom stereocenters. The summed E-state index contributed by atoms with van der Waals surface area (Å²) in [6, 6.07) is 8.63. The van der Waals surface area contributed by atoms with Crippen LogP contribution in [-0.2, 0) is 4.74 Å². The molecule has 0 amide bonds. The molecule has 0 spiro atoms. The molecule has 0 radical (unpaired) electrons. The Balaban J connectivity index is 1.56. The number of rotatable bonds is 7. The highest BCUT2D eigenvalue weighted by Gasteiger charge is 2.15. The van der Waals surface area contributed by atoms with E-state index < -0.39 is 5.97 Å². The van der Waals surface area contributed by atoms with E-state index in [2.05, 4.69) is 10.2 Å². The van der Waals surface area contributed by atoms with Gasteiger partial charge in [-0.15, -0.1) is 10.2 Å². The molecule has 3 aromatic rings. The van der Waals surface area contributed by atoms with Gasteiger partial charge >= 0.3 is 5.97 Å². The van der Waals surface area contributed by atoms with Crippen molar-refractivity contribution in [1.82, 2.24) is 14.9 Å². The maximum atomic E-state index is 11.5. The summed E-state index contributed by atoms with van der Waals surface area (Å²) in [7, 11) is 1.34. The van der Waals surface area contributed by atoms with Crippen LogP contribution < -0.4 is 10.6 Å². The molecule has 2 N–H and O–H groups in total. The zero-order valence-corrected chi connectivity index (χ0v) is 15.2. The van der Waals surface area contributed by atoms with Gasteiger partial charge in [0.25, 0.3) is 0 Å². The first-order valence-electron chi connectivity index (χ1n) is 7.79. The molecule has 8 nitrogen and oxygen atoms in total. The number of aryl methyl sites for hydroxylation is 1. The van der Waals surface area contributed by atoms with Crippen LogP contribution in [0.3, 0.4) is 0 Å². The lowest BCUT2D eigenvalue weighted by molar-refractivity contribution is 0.0600. The van der Waals surface area contributed by atoms with Crippen LogP contribution in [0.1, 0.15) is 16.1 Å². The van der Waals surface area contributed by atoms with E-state index in [0.29, 0.717) is 34.7 Å². The molecule has 0 aliphatic carbocycles. The number of hydrogen-bond donors (Lipinski definition) is 1. The van der Waals surface area contributed by atoms with Crippen molar-refractivity contribution in [3.63, 3.8) is 0 Å². The third-order valence-corrected chi connectivity index (χ3v) is 4.51. The number of benzene rings is 1. The summed E-state index contributed by atoms with van der Waals surface area (Å²) < 4.78 is 17.1. The first kappa shape index (κ1) is 17.9. The molecular formula is C17H18N4O4S. The summed E-state index contributed by atoms with van der Waals surface area (Å²) in [6.45, 7) is 2.26. The van der Waals surface area contributed by atoms with Crippen molar-refractivity contribution in [2.75, 3.05) is 25.3 Å². The number of aromatic nitrogens is 3. The number of methoxy groups -OCH3 is 1. The summed E-state index contributed by atoms with van der Waals surface area (Å²) in [6.07, 6.45) is 1.59. The fraction of sp³-hybridized carbons (Fsp3) is 0.235. The van der Waals surface area contributed by atoms with Gasteiger partial charge in [0.15, 0.2) is 5.82 Å². The summed E-state index contributed by atoms with van der Waals surface area (Å²) in [4.78, 5) is 11.5. The molecule has 3 rings (SSSR count). The third kappa shape index (κ3) is 3.83. The summed E-state index contributed by atoms with van der Waals surface area (Å²) in [5.74, 6) is 8.15.